The maximum absolute atomic E-state index is 1.55. The van der Waals surface area contributed by atoms with Gasteiger partial charge in [-0.3, -0.25) is 0 Å². The lowest BCUT2D eigenvalue weighted by Crippen LogP contribution is -2.14. The van der Waals surface area contributed by atoms with Crippen LogP contribution in [-0.4, -0.2) is 0 Å². The van der Waals surface area contributed by atoms with E-state index >= 15 is 0 Å². The average Bonchev–Trinajstić information content (AvgIpc) is 1.79. The van der Waals surface area contributed by atoms with E-state index in [0.717, 1.165) is 11.8 Å². The van der Waals surface area contributed by atoms with Crippen molar-refractivity contribution in [2.75, 3.05) is 0 Å². The zero-order valence-corrected chi connectivity index (χ0v) is 7.52. The first kappa shape index (κ1) is 7.64. The van der Waals surface area contributed by atoms with E-state index in [1.54, 1.807) is 38.5 Å². The van der Waals surface area contributed by atoms with Crippen LogP contribution in [0.25, 0.3) is 0 Å². The summed E-state index contributed by atoms with van der Waals surface area (Å²) in [5.41, 5.74) is 0. The summed E-state index contributed by atoms with van der Waals surface area (Å²) in [5, 5.41) is 0. The molecular weight excluding hydrogens is 132 g/mol. The van der Waals surface area contributed by atoms with Crippen molar-refractivity contribution in [3.05, 3.63) is 0 Å². The van der Waals surface area contributed by atoms with E-state index in [1.807, 2.05) is 0 Å². The Morgan fingerprint density at radius 2 is 1.18 bits per heavy atom. The van der Waals surface area contributed by atoms with Crippen molar-refractivity contribution in [2.45, 2.75) is 57.8 Å². The van der Waals surface area contributed by atoms with Gasteiger partial charge in [0.15, 0.2) is 0 Å². The van der Waals surface area contributed by atoms with Crippen LogP contribution >= 0.6 is 0 Å². The van der Waals surface area contributed by atoms with Gasteiger partial charge in [0.1, 0.15) is 0 Å². The second kappa shape index (κ2) is 3.60. The van der Waals surface area contributed by atoms with E-state index in [0.29, 0.717) is 0 Å². The topological polar surface area (TPSA) is 0 Å². The second-order valence-electron chi connectivity index (χ2n) is 4.52. The molecule has 0 nitrogen and oxygen atoms in total. The average molecular weight is 152 g/mol. The highest BCUT2D eigenvalue weighted by atomic mass is 14.3. The molecular formula is C11H20. The van der Waals surface area contributed by atoms with Crippen molar-refractivity contribution in [1.29, 1.82) is 0 Å². The molecule has 0 aromatic rings. The Morgan fingerprint density at radius 1 is 0.727 bits per heavy atom. The first-order valence-electron chi connectivity index (χ1n) is 5.45. The van der Waals surface area contributed by atoms with E-state index < -0.39 is 0 Å². The van der Waals surface area contributed by atoms with Crippen molar-refractivity contribution in [3.63, 3.8) is 0 Å². The van der Waals surface area contributed by atoms with Gasteiger partial charge in [0.25, 0.3) is 0 Å². The highest BCUT2D eigenvalue weighted by molar-refractivity contribution is 4.73. The van der Waals surface area contributed by atoms with Crippen molar-refractivity contribution in [1.82, 2.24) is 0 Å². The molecule has 0 heteroatoms. The van der Waals surface area contributed by atoms with Gasteiger partial charge < -0.3 is 0 Å². The smallest absolute Gasteiger partial charge is 0.0414 e. The highest BCUT2D eigenvalue weighted by Gasteiger charge is 2.20. The van der Waals surface area contributed by atoms with Crippen LogP contribution in [0.3, 0.4) is 0 Å². The van der Waals surface area contributed by atoms with Gasteiger partial charge in [-0.05, 0) is 11.8 Å². The van der Waals surface area contributed by atoms with Gasteiger partial charge in [-0.1, -0.05) is 57.8 Å². The SMILES string of the molecule is C1CC(CCCC2CCC2)C1. The molecule has 0 radical (unpaired) electrons. The standard InChI is InChI=1S/C11H20/c1-4-10(5-1)8-3-9-11-6-2-7-11/h10-11H,1-9H2. The molecule has 0 unspecified atom stereocenters. The van der Waals surface area contributed by atoms with Crippen LogP contribution in [0, 0.1) is 11.8 Å². The lowest BCUT2D eigenvalue weighted by molar-refractivity contribution is 0.247. The molecule has 0 heterocycles. The molecule has 2 fully saturated rings. The predicted molar refractivity (Wildman–Crippen MR) is 48.5 cm³/mol. The molecule has 0 spiro atoms. The summed E-state index contributed by atoms with van der Waals surface area (Å²) in [6.45, 7) is 0. The fourth-order valence-electron chi connectivity index (χ4n) is 2.26. The van der Waals surface area contributed by atoms with Gasteiger partial charge in [-0.15, -0.1) is 0 Å². The number of hydrogen-bond acceptors (Lipinski definition) is 0. The zero-order chi connectivity index (χ0) is 7.52. The van der Waals surface area contributed by atoms with E-state index in [4.69, 9.17) is 0 Å². The molecule has 0 N–H and O–H groups in total. The maximum atomic E-state index is 1.55. The Kier molecular flexibility index (Phi) is 2.50. The predicted octanol–water partition coefficient (Wildman–Crippen LogP) is 3.76. The molecule has 2 rings (SSSR count). The van der Waals surface area contributed by atoms with Crippen molar-refractivity contribution < 1.29 is 0 Å². The van der Waals surface area contributed by atoms with E-state index in [2.05, 4.69) is 0 Å². The largest absolute Gasteiger partial charge is 0.0528 e. The summed E-state index contributed by atoms with van der Waals surface area (Å²) in [4.78, 5) is 0. The molecule has 0 aromatic carbocycles. The zero-order valence-electron chi connectivity index (χ0n) is 7.52. The van der Waals surface area contributed by atoms with E-state index in [1.165, 1.54) is 19.3 Å². The van der Waals surface area contributed by atoms with Crippen LogP contribution in [0.2, 0.25) is 0 Å². The van der Waals surface area contributed by atoms with Crippen LogP contribution in [-0.2, 0) is 0 Å². The van der Waals surface area contributed by atoms with Crippen LogP contribution in [0.15, 0.2) is 0 Å². The lowest BCUT2D eigenvalue weighted by Gasteiger charge is -2.28. The van der Waals surface area contributed by atoms with E-state index in [9.17, 15) is 0 Å². The fourth-order valence-corrected chi connectivity index (χ4v) is 2.26. The molecule has 0 amide bonds. The van der Waals surface area contributed by atoms with Gasteiger partial charge in [0.05, 0.1) is 0 Å². The van der Waals surface area contributed by atoms with Crippen LogP contribution < -0.4 is 0 Å². The molecule has 0 aromatic heterocycles. The van der Waals surface area contributed by atoms with Crippen molar-refractivity contribution >= 4 is 0 Å². The minimum Gasteiger partial charge on any atom is -0.0528 e. The minimum atomic E-state index is 1.15. The minimum absolute atomic E-state index is 1.15. The Balaban J connectivity index is 1.46. The molecule has 0 saturated heterocycles. The first-order valence-corrected chi connectivity index (χ1v) is 5.45. The van der Waals surface area contributed by atoms with Crippen LogP contribution in [0.5, 0.6) is 0 Å². The van der Waals surface area contributed by atoms with Gasteiger partial charge >= 0.3 is 0 Å². The molecule has 0 aliphatic heterocycles. The molecule has 64 valence electrons. The van der Waals surface area contributed by atoms with Gasteiger partial charge in [0, 0.05) is 0 Å². The highest BCUT2D eigenvalue weighted by Crippen LogP contribution is 2.35. The Morgan fingerprint density at radius 3 is 1.45 bits per heavy atom. The monoisotopic (exact) mass is 152 g/mol. The second-order valence-corrected chi connectivity index (χ2v) is 4.52. The molecule has 11 heavy (non-hydrogen) atoms. The molecule has 2 aliphatic rings. The van der Waals surface area contributed by atoms with Crippen molar-refractivity contribution in [2.24, 2.45) is 11.8 Å². The summed E-state index contributed by atoms with van der Waals surface area (Å²) < 4.78 is 0. The normalized spacial score (nSPS) is 26.2. The van der Waals surface area contributed by atoms with E-state index in [-0.39, 0.29) is 0 Å². The fraction of sp³-hybridized carbons (Fsp3) is 1.00. The van der Waals surface area contributed by atoms with Crippen LogP contribution in [0.1, 0.15) is 57.8 Å². The van der Waals surface area contributed by atoms with Gasteiger partial charge in [-0.2, -0.15) is 0 Å². The molecule has 2 aliphatic carbocycles. The number of hydrogen-bond donors (Lipinski definition) is 0. The summed E-state index contributed by atoms with van der Waals surface area (Å²) in [5.74, 6) is 2.30. The third kappa shape index (κ3) is 1.98. The number of rotatable bonds is 4. The quantitative estimate of drug-likeness (QED) is 0.575. The van der Waals surface area contributed by atoms with Crippen molar-refractivity contribution in [3.8, 4) is 0 Å². The molecule has 0 bridgehead atoms. The summed E-state index contributed by atoms with van der Waals surface area (Å²) >= 11 is 0. The molecule has 0 atom stereocenters. The van der Waals surface area contributed by atoms with Crippen LogP contribution in [0.4, 0.5) is 0 Å². The molecule has 2 saturated carbocycles. The third-order valence-corrected chi connectivity index (χ3v) is 3.67. The lowest BCUT2D eigenvalue weighted by atomic mass is 9.78. The first-order chi connectivity index (χ1) is 5.45. The Hall–Kier alpha value is 0. The summed E-state index contributed by atoms with van der Waals surface area (Å²) in [6.07, 6.45) is 13.9. The third-order valence-electron chi connectivity index (χ3n) is 3.67. The maximum Gasteiger partial charge on any atom is -0.0414 e. The van der Waals surface area contributed by atoms with Gasteiger partial charge in [0.2, 0.25) is 0 Å². The Labute approximate surface area is 70.4 Å². The summed E-state index contributed by atoms with van der Waals surface area (Å²) in [7, 11) is 0. The Bertz CT molecular complexity index is 95.2. The van der Waals surface area contributed by atoms with Gasteiger partial charge in [-0.25, -0.2) is 0 Å². The summed E-state index contributed by atoms with van der Waals surface area (Å²) in [6, 6.07) is 0.